The number of ether oxygens (including phenoxy) is 1. The highest BCUT2D eigenvalue weighted by Crippen LogP contribution is 2.26. The van der Waals surface area contributed by atoms with Crippen LogP contribution in [0.4, 0.5) is 10.6 Å². The number of carbonyl (C=O) groups is 3. The molecule has 1 aliphatic heterocycles. The number of nitrogens with zero attached hydrogens (tertiary/aromatic N) is 4. The molecule has 0 spiro atoms. The maximum absolute atomic E-state index is 12.3. The second kappa shape index (κ2) is 10.7. The van der Waals surface area contributed by atoms with Crippen LogP contribution < -0.4 is 10.2 Å². The van der Waals surface area contributed by atoms with E-state index in [0.29, 0.717) is 11.7 Å². The van der Waals surface area contributed by atoms with Gasteiger partial charge in [0.05, 0.1) is 6.20 Å². The molecule has 1 saturated heterocycles. The van der Waals surface area contributed by atoms with E-state index >= 15 is 0 Å². The third-order valence-electron chi connectivity index (χ3n) is 5.97. The van der Waals surface area contributed by atoms with Gasteiger partial charge in [-0.1, -0.05) is 6.07 Å². The first-order valence-electron chi connectivity index (χ1n) is 11.6. The minimum absolute atomic E-state index is 0.117. The summed E-state index contributed by atoms with van der Waals surface area (Å²) in [7, 11) is 1.58. The van der Waals surface area contributed by atoms with Crippen molar-refractivity contribution in [1.82, 2.24) is 19.6 Å². The molecule has 0 atom stereocenters. The summed E-state index contributed by atoms with van der Waals surface area (Å²) in [6.45, 7) is 7.38. The van der Waals surface area contributed by atoms with E-state index in [1.165, 1.54) is 4.90 Å². The molecule has 3 rings (SSSR count). The summed E-state index contributed by atoms with van der Waals surface area (Å²) in [4.78, 5) is 43.3. The molecule has 9 nitrogen and oxygen atoms in total. The van der Waals surface area contributed by atoms with Crippen LogP contribution in [-0.2, 0) is 20.7 Å². The largest absolute Gasteiger partial charge is 0.444 e. The second-order valence-electron chi connectivity index (χ2n) is 9.51. The fourth-order valence-electron chi connectivity index (χ4n) is 4.12. The Morgan fingerprint density at radius 3 is 2.67 bits per heavy atom. The number of hydrogen-bond acceptors (Lipinski definition) is 5. The number of rotatable bonds is 8. The molecule has 0 aliphatic carbocycles. The third kappa shape index (κ3) is 6.46. The van der Waals surface area contributed by atoms with E-state index in [9.17, 15) is 14.4 Å². The lowest BCUT2D eigenvalue weighted by atomic mass is 9.91. The molecule has 3 heterocycles. The van der Waals surface area contributed by atoms with Crippen molar-refractivity contribution in [2.45, 2.75) is 58.5 Å². The van der Waals surface area contributed by atoms with Crippen LogP contribution in [-0.4, -0.2) is 65.0 Å². The number of likely N-dealkylation sites (tertiary alicyclic amines) is 1. The number of hydrogen-bond donors (Lipinski definition) is 1. The van der Waals surface area contributed by atoms with E-state index in [-0.39, 0.29) is 25.0 Å². The van der Waals surface area contributed by atoms with E-state index in [0.717, 1.165) is 56.4 Å². The lowest BCUT2D eigenvalue weighted by molar-refractivity contribution is -0.120. The minimum atomic E-state index is -0.475. The highest BCUT2D eigenvalue weighted by Gasteiger charge is 2.27. The number of pyridine rings is 1. The number of fused-ring (bicyclic) bond motifs is 1. The first-order valence-corrected chi connectivity index (χ1v) is 11.6. The fraction of sp³-hybridized carbons (Fsp3) is 0.583. The number of amides is 3. The first kappa shape index (κ1) is 24.5. The molecule has 0 saturated carbocycles. The highest BCUT2D eigenvalue weighted by atomic mass is 16.6. The summed E-state index contributed by atoms with van der Waals surface area (Å²) in [5.41, 5.74) is 1.47. The van der Waals surface area contributed by atoms with Gasteiger partial charge in [-0.05, 0) is 64.0 Å². The summed E-state index contributed by atoms with van der Waals surface area (Å²) < 4.78 is 7.38. The van der Waals surface area contributed by atoms with Crippen molar-refractivity contribution < 1.29 is 19.1 Å². The molecule has 9 heteroatoms. The van der Waals surface area contributed by atoms with Crippen molar-refractivity contribution >= 4 is 29.9 Å². The molecule has 1 fully saturated rings. The van der Waals surface area contributed by atoms with Gasteiger partial charge in [0.2, 0.25) is 12.3 Å². The lowest BCUT2D eigenvalue weighted by Gasteiger charge is -2.33. The van der Waals surface area contributed by atoms with Crippen molar-refractivity contribution in [2.75, 3.05) is 31.6 Å². The van der Waals surface area contributed by atoms with E-state index in [4.69, 9.17) is 4.74 Å². The molecule has 0 bridgehead atoms. The number of aryl methyl sites for hydroxylation is 1. The molecule has 180 valence electrons. The molecular weight excluding hydrogens is 422 g/mol. The topological polar surface area (TPSA) is 96.3 Å². The van der Waals surface area contributed by atoms with Crippen molar-refractivity contribution in [3.05, 3.63) is 30.1 Å². The summed E-state index contributed by atoms with van der Waals surface area (Å²) in [5, 5.41) is 2.57. The van der Waals surface area contributed by atoms with Gasteiger partial charge in [0, 0.05) is 39.3 Å². The van der Waals surface area contributed by atoms with Gasteiger partial charge in [0.15, 0.2) is 0 Å². The molecule has 3 amide bonds. The third-order valence-corrected chi connectivity index (χ3v) is 5.97. The summed E-state index contributed by atoms with van der Waals surface area (Å²) >= 11 is 0. The van der Waals surface area contributed by atoms with Gasteiger partial charge in [-0.15, -0.1) is 0 Å². The average molecular weight is 458 g/mol. The van der Waals surface area contributed by atoms with Gasteiger partial charge in [-0.3, -0.25) is 18.9 Å². The molecule has 2 aromatic rings. The Kier molecular flexibility index (Phi) is 7.94. The van der Waals surface area contributed by atoms with Crippen LogP contribution in [0.25, 0.3) is 5.65 Å². The average Bonchev–Trinajstić information content (AvgIpc) is 3.22. The normalized spacial score (nSPS) is 14.8. The molecule has 0 radical (unpaired) electrons. The monoisotopic (exact) mass is 457 g/mol. The summed E-state index contributed by atoms with van der Waals surface area (Å²) in [5.74, 6) is 1.07. The zero-order chi connectivity index (χ0) is 24.0. The lowest BCUT2D eigenvalue weighted by Crippen LogP contribution is -2.41. The van der Waals surface area contributed by atoms with Gasteiger partial charge >= 0.3 is 6.09 Å². The molecule has 33 heavy (non-hydrogen) atoms. The molecule has 1 N–H and O–H groups in total. The maximum atomic E-state index is 12.3. The van der Waals surface area contributed by atoms with E-state index < -0.39 is 5.60 Å². The Balaban J connectivity index is 1.59. The zero-order valence-electron chi connectivity index (χ0n) is 20.0. The SMILES string of the molecule is CNC(=O)CCN(C=O)c1cnc2c(CCC3CCN(C(=O)OC(C)(C)C)CC3)cccn12. The Morgan fingerprint density at radius 2 is 2.03 bits per heavy atom. The van der Waals surface area contributed by atoms with Crippen LogP contribution in [0, 0.1) is 5.92 Å². The van der Waals surface area contributed by atoms with Gasteiger partial charge in [-0.25, -0.2) is 9.78 Å². The highest BCUT2D eigenvalue weighted by molar-refractivity contribution is 5.79. The molecule has 2 aromatic heterocycles. The molecule has 0 unspecified atom stereocenters. The number of imidazole rings is 1. The van der Waals surface area contributed by atoms with Crippen molar-refractivity contribution in [3.8, 4) is 0 Å². The van der Waals surface area contributed by atoms with Crippen molar-refractivity contribution in [2.24, 2.45) is 5.92 Å². The van der Waals surface area contributed by atoms with Gasteiger partial charge in [-0.2, -0.15) is 0 Å². The second-order valence-corrected chi connectivity index (χ2v) is 9.51. The fourth-order valence-corrected chi connectivity index (χ4v) is 4.12. The Bertz CT molecular complexity index is 973. The van der Waals surface area contributed by atoms with E-state index in [1.54, 1.807) is 18.1 Å². The summed E-state index contributed by atoms with van der Waals surface area (Å²) in [6, 6.07) is 4.03. The van der Waals surface area contributed by atoms with E-state index in [1.807, 2.05) is 37.4 Å². The van der Waals surface area contributed by atoms with Crippen LogP contribution in [0.3, 0.4) is 0 Å². The Labute approximate surface area is 195 Å². The van der Waals surface area contributed by atoms with Crippen molar-refractivity contribution in [3.63, 3.8) is 0 Å². The maximum Gasteiger partial charge on any atom is 0.410 e. The summed E-state index contributed by atoms with van der Waals surface area (Å²) in [6.07, 6.45) is 8.09. The predicted molar refractivity (Wildman–Crippen MR) is 126 cm³/mol. The van der Waals surface area contributed by atoms with Crippen LogP contribution in [0.5, 0.6) is 0 Å². The first-order chi connectivity index (χ1) is 15.7. The quantitative estimate of drug-likeness (QED) is 0.615. The standard InChI is InChI=1S/C24H35N5O4/c1-24(2,3)33-23(32)27-13-9-18(10-14-27)7-8-19-6-5-12-29-21(16-26-22(19)29)28(17-30)15-11-20(31)25-4/h5-6,12,16-18H,7-11,13-15H2,1-4H3,(H,25,31). The Hall–Kier alpha value is -3.10. The molecular formula is C24H35N5O4. The number of anilines is 1. The number of aromatic nitrogens is 2. The molecule has 1 aliphatic rings. The van der Waals surface area contributed by atoms with Crippen LogP contribution in [0.1, 0.15) is 52.0 Å². The number of piperidine rings is 1. The zero-order valence-corrected chi connectivity index (χ0v) is 20.0. The van der Waals surface area contributed by atoms with Gasteiger partial charge in [0.1, 0.15) is 17.1 Å². The predicted octanol–water partition coefficient (Wildman–Crippen LogP) is 3.01. The van der Waals surface area contributed by atoms with Gasteiger partial charge < -0.3 is 15.0 Å². The molecule has 0 aromatic carbocycles. The van der Waals surface area contributed by atoms with Crippen LogP contribution >= 0.6 is 0 Å². The Morgan fingerprint density at radius 1 is 1.30 bits per heavy atom. The van der Waals surface area contributed by atoms with Crippen LogP contribution in [0.15, 0.2) is 24.5 Å². The van der Waals surface area contributed by atoms with Gasteiger partial charge in [0.25, 0.3) is 0 Å². The minimum Gasteiger partial charge on any atom is -0.444 e. The number of carbonyl (C=O) groups excluding carboxylic acids is 3. The van der Waals surface area contributed by atoms with Crippen molar-refractivity contribution in [1.29, 1.82) is 0 Å². The van der Waals surface area contributed by atoms with Crippen LogP contribution in [0.2, 0.25) is 0 Å². The smallest absolute Gasteiger partial charge is 0.410 e. The number of nitrogens with one attached hydrogen (secondary N) is 1. The van der Waals surface area contributed by atoms with E-state index in [2.05, 4.69) is 16.4 Å².